The van der Waals surface area contributed by atoms with E-state index in [0.717, 1.165) is 179 Å². The van der Waals surface area contributed by atoms with Crippen LogP contribution in [-0.2, 0) is 49.1 Å². The van der Waals surface area contributed by atoms with E-state index in [1.165, 1.54) is 22.7 Å². The number of nitrogens with zero attached hydrogens (tertiary/aromatic N) is 6. The summed E-state index contributed by atoms with van der Waals surface area (Å²) in [4.78, 5) is 7.53. The third-order valence-electron chi connectivity index (χ3n) is 22.3. The van der Waals surface area contributed by atoms with Crippen molar-refractivity contribution in [2.75, 3.05) is 125 Å². The van der Waals surface area contributed by atoms with Gasteiger partial charge < -0.3 is 85.2 Å². The Morgan fingerprint density at radius 2 is 0.861 bits per heavy atom. The summed E-state index contributed by atoms with van der Waals surface area (Å²) < 4.78 is 77.1. The van der Waals surface area contributed by atoms with Gasteiger partial charge in [-0.05, 0) is 253 Å². The largest absolute Gasteiger partial charge is 0.501 e. The number of ether oxygens (including phenoxy) is 12. The third kappa shape index (κ3) is 16.6. The van der Waals surface area contributed by atoms with Crippen molar-refractivity contribution < 1.29 is 56.8 Å². The molecule has 592 valence electrons. The summed E-state index contributed by atoms with van der Waals surface area (Å²) in [5, 5.41) is 5.55. The maximum atomic E-state index is 6.29. The first-order valence-electron chi connectivity index (χ1n) is 40.3. The van der Waals surface area contributed by atoms with Gasteiger partial charge in [0.2, 0.25) is 0 Å². The van der Waals surface area contributed by atoms with Crippen molar-refractivity contribution >= 4 is 83.3 Å². The molecule has 0 N–H and O–H groups in total. The van der Waals surface area contributed by atoms with E-state index in [9.17, 15) is 0 Å². The van der Waals surface area contributed by atoms with Crippen LogP contribution in [0.2, 0.25) is 0 Å². The van der Waals surface area contributed by atoms with Gasteiger partial charge in [-0.1, -0.05) is 42.5 Å². The maximum Gasteiger partial charge on any atom is 0.119 e. The van der Waals surface area contributed by atoms with Crippen LogP contribution in [0.1, 0.15) is 63.6 Å². The lowest BCUT2D eigenvalue weighted by Gasteiger charge is -2.38. The Morgan fingerprint density at radius 1 is 0.383 bits per heavy atom. The molecule has 0 bridgehead atoms. The predicted octanol–water partition coefficient (Wildman–Crippen LogP) is 20.4. The molecule has 16 rings (SSSR count). The fourth-order valence-electron chi connectivity index (χ4n) is 16.7. The second kappa shape index (κ2) is 36.3. The number of aromatic nitrogens is 3. The van der Waals surface area contributed by atoms with E-state index in [4.69, 9.17) is 56.8 Å². The van der Waals surface area contributed by atoms with Crippen molar-refractivity contribution in [1.29, 1.82) is 0 Å². The van der Waals surface area contributed by atoms with E-state index >= 15 is 0 Å². The van der Waals surface area contributed by atoms with Crippen LogP contribution in [0.3, 0.4) is 0 Å². The number of benzene rings is 8. The number of anilines is 4. The highest BCUT2D eigenvalue weighted by molar-refractivity contribution is 6.13. The molecule has 0 saturated carbocycles. The predicted molar refractivity (Wildman–Crippen MR) is 461 cm³/mol. The fourth-order valence-corrected chi connectivity index (χ4v) is 16.7. The Balaban J connectivity index is 0.887. The Kier molecular flexibility index (Phi) is 24.5. The minimum absolute atomic E-state index is 0.00798. The Bertz CT molecular complexity index is 5580. The van der Waals surface area contributed by atoms with E-state index < -0.39 is 0 Å². The first-order chi connectivity index (χ1) is 56.7. The minimum Gasteiger partial charge on any atom is -0.501 e. The van der Waals surface area contributed by atoms with E-state index in [1.54, 1.807) is 35.5 Å². The number of rotatable bonds is 36. The molecule has 3 heterocycles. The molecule has 8 aromatic carbocycles. The minimum atomic E-state index is 0.00798. The summed E-state index contributed by atoms with van der Waals surface area (Å²) in [5.41, 5.74) is 18.5. The lowest BCUT2D eigenvalue weighted by Crippen LogP contribution is -2.34. The number of allylic oxidation sites excluding steroid dienone is 8. The van der Waals surface area contributed by atoms with Gasteiger partial charge in [0, 0.05) is 129 Å². The Hall–Kier alpha value is -11.5. The standard InChI is InChI=1S/C97H102N6O12/c1-8-109-53-55-111-57-60-114-84-43-22-71(23-44-84)101-92-13-11-10-12-86(92)87-62-76(30-47-93(87)101)100(77-31-50-96-90(65-77)88-63-74(28-48-94(88)102(96)72-24-41-83(42-25-72)113-59-52-104-3)98(67-14-33-79(105-4)34-15-67)68-16-35-80(106-5)36-17-68)78-32-51-97-91(66-78)89-64-75(99(69-18-37-81(107-6)38-19-69)70-20-39-82(108-7)40-21-70)29-49-95(89)103(97)73-26-45-85(46-27-73)115-61-58-112-56-54-110-9-2/h10-16,18,20,22-27,29-33,35-39,41-47,49-51,62-66,68-69,79H,8-9,17,19,21,28,34,40,48,52-61H2,1-7H3. The number of fused-ring (bicyclic) bond motifs is 9. The molecule has 0 fully saturated rings. The number of methoxy groups -OCH3 is 5. The number of hydrogen-bond acceptors (Lipinski definition) is 15. The zero-order chi connectivity index (χ0) is 78.6. The van der Waals surface area contributed by atoms with Crippen LogP contribution in [-0.4, -0.2) is 152 Å². The van der Waals surface area contributed by atoms with Gasteiger partial charge in [-0.25, -0.2) is 0 Å². The Labute approximate surface area is 673 Å². The smallest absolute Gasteiger partial charge is 0.119 e. The van der Waals surface area contributed by atoms with Crippen molar-refractivity contribution in [3.8, 4) is 34.3 Å². The van der Waals surface area contributed by atoms with Crippen molar-refractivity contribution in [3.63, 3.8) is 0 Å². The molecular weight excluding hydrogens is 1440 g/mol. The quantitative estimate of drug-likeness (QED) is 0.0344. The molecule has 0 aliphatic heterocycles. The molecule has 0 amide bonds. The molecule has 0 spiro atoms. The average molecular weight is 1540 g/mol. The van der Waals surface area contributed by atoms with E-state index in [1.807, 2.05) is 26.0 Å². The van der Waals surface area contributed by atoms with Gasteiger partial charge in [-0.3, -0.25) is 0 Å². The van der Waals surface area contributed by atoms with Gasteiger partial charge in [-0.2, -0.15) is 0 Å². The van der Waals surface area contributed by atoms with E-state index in [-0.39, 0.29) is 18.2 Å². The SMILES string of the molecule is CCOCCOCCOc1ccc(-n2c3ccccc3c3cc(N(c4ccc5c(c4)c4c(n5-c5ccc(OCCOC)cc5)CCC(N(C5=CCC(OC)C=C5)C5C=CC(OC)=CC5)=C4)c4ccc5c(c4)c4cc(N(C6=CC=C(OC)CC6)C6C=CC(OC)=CC6)ccc4n5-c4ccc(OCCOCCOCC)cc4)ccc32)cc1. The van der Waals surface area contributed by atoms with Crippen LogP contribution in [0.4, 0.5) is 22.7 Å². The summed E-state index contributed by atoms with van der Waals surface area (Å²) >= 11 is 0. The van der Waals surface area contributed by atoms with Crippen LogP contribution in [0.25, 0.3) is 77.7 Å². The highest BCUT2D eigenvalue weighted by atomic mass is 16.6. The Morgan fingerprint density at radius 3 is 1.36 bits per heavy atom. The first kappa shape index (κ1) is 77.5. The molecule has 5 aliphatic carbocycles. The topological polar surface area (TPSA) is 135 Å². The average Bonchev–Trinajstić information content (AvgIpc) is 1.60. The van der Waals surface area contributed by atoms with Crippen LogP contribution >= 0.6 is 0 Å². The summed E-state index contributed by atoms with van der Waals surface area (Å²) in [7, 11) is 8.72. The molecule has 0 radical (unpaired) electrons. The number of hydrogen-bond donors (Lipinski definition) is 0. The van der Waals surface area contributed by atoms with Crippen LogP contribution in [0.5, 0.6) is 17.2 Å². The van der Waals surface area contributed by atoms with Crippen molar-refractivity contribution in [3.05, 3.63) is 282 Å². The zero-order valence-corrected chi connectivity index (χ0v) is 66.8. The van der Waals surface area contributed by atoms with Gasteiger partial charge in [0.25, 0.3) is 0 Å². The van der Waals surface area contributed by atoms with Gasteiger partial charge in [0.05, 0.1) is 119 Å². The van der Waals surface area contributed by atoms with E-state index in [0.29, 0.717) is 79.3 Å². The summed E-state index contributed by atoms with van der Waals surface area (Å²) in [5.74, 6) is 5.02. The fraction of sp³-hybridized carbons (Fsp3) is 0.299. The molecule has 0 saturated heterocycles. The maximum absolute atomic E-state index is 6.29. The highest BCUT2D eigenvalue weighted by Crippen LogP contribution is 2.48. The second-order valence-corrected chi connectivity index (χ2v) is 29.0. The molecule has 3 unspecified atom stereocenters. The van der Waals surface area contributed by atoms with Crippen LogP contribution in [0.15, 0.2) is 271 Å². The molecule has 3 atom stereocenters. The summed E-state index contributed by atoms with van der Waals surface area (Å²) in [6.45, 7) is 10.2. The second-order valence-electron chi connectivity index (χ2n) is 29.0. The van der Waals surface area contributed by atoms with Crippen LogP contribution in [0, 0.1) is 0 Å². The van der Waals surface area contributed by atoms with Crippen LogP contribution < -0.4 is 24.0 Å². The van der Waals surface area contributed by atoms with Gasteiger partial charge >= 0.3 is 0 Å². The van der Waals surface area contributed by atoms with Gasteiger partial charge in [0.1, 0.15) is 48.6 Å². The van der Waals surface area contributed by atoms with Crippen molar-refractivity contribution in [1.82, 2.24) is 18.6 Å². The van der Waals surface area contributed by atoms with Gasteiger partial charge in [0.15, 0.2) is 0 Å². The van der Waals surface area contributed by atoms with Crippen molar-refractivity contribution in [2.24, 2.45) is 0 Å². The summed E-state index contributed by atoms with van der Waals surface area (Å²) in [6.07, 6.45) is 32.3. The lowest BCUT2D eigenvalue weighted by atomic mass is 9.94. The molecule has 3 aromatic heterocycles. The monoisotopic (exact) mass is 1540 g/mol. The highest BCUT2D eigenvalue weighted by Gasteiger charge is 2.32. The first-order valence-corrected chi connectivity index (χ1v) is 40.3. The van der Waals surface area contributed by atoms with Crippen molar-refractivity contribution in [2.45, 2.75) is 77.0 Å². The summed E-state index contributed by atoms with van der Waals surface area (Å²) in [6, 6.07) is 62.2. The molecular formula is C97H102N6O12. The third-order valence-corrected chi connectivity index (χ3v) is 22.3. The zero-order valence-electron chi connectivity index (χ0n) is 66.8. The molecule has 18 nitrogen and oxygen atoms in total. The van der Waals surface area contributed by atoms with Gasteiger partial charge in [-0.15, -0.1) is 0 Å². The number of para-hydroxylation sites is 1. The molecule has 115 heavy (non-hydrogen) atoms. The molecule has 5 aliphatic rings. The molecule has 11 aromatic rings. The lowest BCUT2D eigenvalue weighted by molar-refractivity contribution is 0.0405. The van der Waals surface area contributed by atoms with E-state index in [2.05, 4.69) is 259 Å². The normalized spacial score (nSPS) is 16.6. The molecule has 18 heteroatoms.